The zero-order chi connectivity index (χ0) is 14.6. The van der Waals surface area contributed by atoms with Crippen molar-refractivity contribution in [3.63, 3.8) is 0 Å². The van der Waals surface area contributed by atoms with Crippen LogP contribution in [0.4, 0.5) is 0 Å². The highest BCUT2D eigenvalue weighted by molar-refractivity contribution is 7.90. The Morgan fingerprint density at radius 2 is 2.05 bits per heavy atom. The predicted molar refractivity (Wildman–Crippen MR) is 71.1 cm³/mol. The first-order valence-corrected chi connectivity index (χ1v) is 8.23. The molecule has 0 aromatic rings. The summed E-state index contributed by atoms with van der Waals surface area (Å²) in [7, 11) is -1.44. The molecule has 110 valence electrons. The van der Waals surface area contributed by atoms with Gasteiger partial charge in [0.1, 0.15) is 9.84 Å². The van der Waals surface area contributed by atoms with Crippen molar-refractivity contribution in [3.8, 4) is 0 Å². The van der Waals surface area contributed by atoms with Crippen LogP contribution in [0.3, 0.4) is 0 Å². The number of nitrogens with two attached hydrogens (primary N) is 1. The van der Waals surface area contributed by atoms with Crippen molar-refractivity contribution in [2.24, 2.45) is 5.73 Å². The SMILES string of the molecule is CN1CCCN(C(=O)C(N)CCS(C)(=O)=O)CC1=O. The van der Waals surface area contributed by atoms with Gasteiger partial charge in [-0.2, -0.15) is 0 Å². The molecule has 2 N–H and O–H groups in total. The number of nitrogens with zero attached hydrogens (tertiary/aromatic N) is 2. The van der Waals surface area contributed by atoms with Crippen molar-refractivity contribution < 1.29 is 18.0 Å². The predicted octanol–water partition coefficient (Wildman–Crippen LogP) is -1.56. The first kappa shape index (κ1) is 15.9. The van der Waals surface area contributed by atoms with E-state index in [-0.39, 0.29) is 30.5 Å². The fraction of sp³-hybridized carbons (Fsp3) is 0.818. The Labute approximate surface area is 113 Å². The quantitative estimate of drug-likeness (QED) is 0.675. The number of hydrogen-bond acceptors (Lipinski definition) is 5. The first-order chi connectivity index (χ1) is 8.70. The summed E-state index contributed by atoms with van der Waals surface area (Å²) in [6.07, 6.45) is 1.89. The number of amides is 2. The van der Waals surface area contributed by atoms with Crippen molar-refractivity contribution >= 4 is 21.7 Å². The molecule has 0 radical (unpaired) electrons. The Bertz CT molecular complexity index is 449. The number of carbonyl (C=O) groups is 2. The normalized spacial score (nSPS) is 19.2. The van der Waals surface area contributed by atoms with E-state index >= 15 is 0 Å². The zero-order valence-corrected chi connectivity index (χ0v) is 12.1. The number of rotatable bonds is 4. The van der Waals surface area contributed by atoms with Gasteiger partial charge in [0, 0.05) is 26.4 Å². The molecule has 19 heavy (non-hydrogen) atoms. The van der Waals surface area contributed by atoms with Crippen LogP contribution in [-0.2, 0) is 19.4 Å². The van der Waals surface area contributed by atoms with Crippen molar-refractivity contribution in [1.82, 2.24) is 9.80 Å². The molecule has 2 amide bonds. The third-order valence-corrected chi connectivity index (χ3v) is 4.08. The Kier molecular flexibility index (Phi) is 5.30. The summed E-state index contributed by atoms with van der Waals surface area (Å²) in [4.78, 5) is 26.7. The Hall–Kier alpha value is -1.15. The summed E-state index contributed by atoms with van der Waals surface area (Å²) in [5.41, 5.74) is 5.71. The molecule has 0 aliphatic carbocycles. The van der Waals surface area contributed by atoms with E-state index in [1.165, 1.54) is 4.90 Å². The Morgan fingerprint density at radius 3 is 2.63 bits per heavy atom. The fourth-order valence-corrected chi connectivity index (χ4v) is 2.56. The molecule has 1 heterocycles. The Morgan fingerprint density at radius 1 is 1.42 bits per heavy atom. The second-order valence-electron chi connectivity index (χ2n) is 4.95. The lowest BCUT2D eigenvalue weighted by atomic mass is 10.2. The van der Waals surface area contributed by atoms with Crippen molar-refractivity contribution in [2.75, 3.05) is 38.7 Å². The maximum absolute atomic E-state index is 12.1. The highest BCUT2D eigenvalue weighted by atomic mass is 32.2. The summed E-state index contributed by atoms with van der Waals surface area (Å²) < 4.78 is 22.1. The largest absolute Gasteiger partial charge is 0.344 e. The lowest BCUT2D eigenvalue weighted by Crippen LogP contribution is -2.47. The monoisotopic (exact) mass is 291 g/mol. The molecule has 1 saturated heterocycles. The molecule has 1 aliphatic rings. The summed E-state index contributed by atoms with van der Waals surface area (Å²) in [5.74, 6) is -0.602. The lowest BCUT2D eigenvalue weighted by Gasteiger charge is -2.23. The van der Waals surface area contributed by atoms with Crippen LogP contribution in [0.5, 0.6) is 0 Å². The minimum atomic E-state index is -3.14. The average Bonchev–Trinajstić information content (AvgIpc) is 2.47. The van der Waals surface area contributed by atoms with E-state index in [0.717, 1.165) is 6.26 Å². The van der Waals surface area contributed by atoms with Crippen LogP contribution in [0.2, 0.25) is 0 Å². The van der Waals surface area contributed by atoms with E-state index in [1.807, 2.05) is 0 Å². The second kappa shape index (κ2) is 6.33. The Balaban J connectivity index is 2.58. The standard InChI is InChI=1S/C11H21N3O4S/c1-13-5-3-6-14(8-10(13)15)11(16)9(12)4-7-19(2,17)18/h9H,3-8,12H2,1-2H3. The molecule has 8 heteroatoms. The van der Waals surface area contributed by atoms with E-state index in [1.54, 1.807) is 11.9 Å². The molecular weight excluding hydrogens is 270 g/mol. The maximum Gasteiger partial charge on any atom is 0.241 e. The lowest BCUT2D eigenvalue weighted by molar-refractivity contribution is -0.138. The first-order valence-electron chi connectivity index (χ1n) is 6.17. The molecule has 1 unspecified atom stereocenters. The van der Waals surface area contributed by atoms with Crippen molar-refractivity contribution in [2.45, 2.75) is 18.9 Å². The van der Waals surface area contributed by atoms with Gasteiger partial charge in [-0.3, -0.25) is 9.59 Å². The van der Waals surface area contributed by atoms with Gasteiger partial charge in [0.25, 0.3) is 0 Å². The second-order valence-corrected chi connectivity index (χ2v) is 7.21. The topological polar surface area (TPSA) is 101 Å². The average molecular weight is 291 g/mol. The van der Waals surface area contributed by atoms with Gasteiger partial charge in [-0.25, -0.2) is 8.42 Å². The molecule has 1 rings (SSSR count). The van der Waals surface area contributed by atoms with Gasteiger partial charge in [0.2, 0.25) is 11.8 Å². The van der Waals surface area contributed by atoms with E-state index in [2.05, 4.69) is 0 Å². The van der Waals surface area contributed by atoms with E-state index < -0.39 is 15.9 Å². The number of carbonyl (C=O) groups excluding carboxylic acids is 2. The smallest absolute Gasteiger partial charge is 0.241 e. The fourth-order valence-electron chi connectivity index (χ4n) is 1.87. The van der Waals surface area contributed by atoms with Gasteiger partial charge in [-0.1, -0.05) is 0 Å². The van der Waals surface area contributed by atoms with Gasteiger partial charge >= 0.3 is 0 Å². The van der Waals surface area contributed by atoms with Gasteiger partial charge in [0.05, 0.1) is 18.3 Å². The molecule has 0 bridgehead atoms. The van der Waals surface area contributed by atoms with E-state index in [4.69, 9.17) is 5.73 Å². The molecule has 1 atom stereocenters. The molecule has 0 saturated carbocycles. The van der Waals surface area contributed by atoms with Crippen molar-refractivity contribution in [3.05, 3.63) is 0 Å². The van der Waals surface area contributed by atoms with Crippen LogP contribution in [0.1, 0.15) is 12.8 Å². The summed E-state index contributed by atoms with van der Waals surface area (Å²) in [6.45, 7) is 1.10. The highest BCUT2D eigenvalue weighted by Crippen LogP contribution is 2.06. The van der Waals surface area contributed by atoms with Crippen LogP contribution in [0.25, 0.3) is 0 Å². The van der Waals surface area contributed by atoms with Gasteiger partial charge in [-0.15, -0.1) is 0 Å². The van der Waals surface area contributed by atoms with Gasteiger partial charge in [0.15, 0.2) is 0 Å². The molecule has 0 spiro atoms. The summed E-state index contributed by atoms with van der Waals surface area (Å²) in [5, 5.41) is 0. The summed E-state index contributed by atoms with van der Waals surface area (Å²) >= 11 is 0. The molecule has 7 nitrogen and oxygen atoms in total. The maximum atomic E-state index is 12.1. The van der Waals surface area contributed by atoms with Gasteiger partial charge < -0.3 is 15.5 Å². The van der Waals surface area contributed by atoms with Crippen LogP contribution >= 0.6 is 0 Å². The highest BCUT2D eigenvalue weighted by Gasteiger charge is 2.26. The zero-order valence-electron chi connectivity index (χ0n) is 11.3. The van der Waals surface area contributed by atoms with Crippen LogP contribution in [-0.4, -0.2) is 74.8 Å². The van der Waals surface area contributed by atoms with E-state index in [0.29, 0.717) is 19.5 Å². The van der Waals surface area contributed by atoms with Crippen LogP contribution in [0, 0.1) is 0 Å². The minimum Gasteiger partial charge on any atom is -0.344 e. The third-order valence-electron chi connectivity index (χ3n) is 3.10. The molecular formula is C11H21N3O4S. The minimum absolute atomic E-state index is 0.0158. The van der Waals surface area contributed by atoms with Gasteiger partial charge in [-0.05, 0) is 12.8 Å². The van der Waals surface area contributed by atoms with Crippen molar-refractivity contribution in [1.29, 1.82) is 0 Å². The van der Waals surface area contributed by atoms with E-state index in [9.17, 15) is 18.0 Å². The number of sulfone groups is 1. The molecule has 0 aromatic heterocycles. The molecule has 1 fully saturated rings. The molecule has 0 aromatic carbocycles. The number of likely N-dealkylation sites (N-methyl/N-ethyl adjacent to an activating group) is 1. The number of hydrogen-bond donors (Lipinski definition) is 1. The molecule has 1 aliphatic heterocycles. The summed E-state index contributed by atoms with van der Waals surface area (Å²) in [6, 6.07) is -0.870. The van der Waals surface area contributed by atoms with Crippen LogP contribution in [0.15, 0.2) is 0 Å². The van der Waals surface area contributed by atoms with Crippen LogP contribution < -0.4 is 5.73 Å². The third kappa shape index (κ3) is 5.15.